The summed E-state index contributed by atoms with van der Waals surface area (Å²) in [5, 5.41) is 0. The molecule has 11 heavy (non-hydrogen) atoms. The van der Waals surface area contributed by atoms with Crippen LogP contribution in [0, 0.1) is 0 Å². The molecular formula is C6H8KLiO3. The molecule has 0 N–H and O–H groups in total. The molecule has 0 saturated heterocycles. The number of carbonyl (C=O) groups is 2. The van der Waals surface area contributed by atoms with E-state index in [2.05, 4.69) is 17.9 Å². The first-order valence-electron chi connectivity index (χ1n) is 2.21. The molecule has 0 atom stereocenters. The molecule has 0 aromatic rings. The van der Waals surface area contributed by atoms with Gasteiger partial charge in [-0.1, -0.05) is 13.2 Å². The topological polar surface area (TPSA) is 43.4 Å². The molecule has 0 bridgehead atoms. The molecule has 0 spiro atoms. The number of esters is 2. The van der Waals surface area contributed by atoms with Gasteiger partial charge in [-0.2, -0.15) is 0 Å². The van der Waals surface area contributed by atoms with Crippen molar-refractivity contribution in [3.8, 4) is 0 Å². The predicted octanol–water partition coefficient (Wildman–Crippen LogP) is -0.869. The van der Waals surface area contributed by atoms with Crippen molar-refractivity contribution in [2.24, 2.45) is 0 Å². The minimum absolute atomic E-state index is 0. The Labute approximate surface area is 120 Å². The van der Waals surface area contributed by atoms with Gasteiger partial charge in [0.1, 0.15) is 0 Å². The van der Waals surface area contributed by atoms with Crippen LogP contribution in [0.5, 0.6) is 0 Å². The Balaban J connectivity index is -0.000000320. The molecule has 0 fully saturated rings. The van der Waals surface area contributed by atoms with Crippen molar-refractivity contribution in [2.75, 3.05) is 0 Å². The van der Waals surface area contributed by atoms with E-state index in [1.54, 1.807) is 0 Å². The first-order valence-corrected chi connectivity index (χ1v) is 2.21. The van der Waals surface area contributed by atoms with E-state index in [0.717, 1.165) is 12.2 Å². The summed E-state index contributed by atoms with van der Waals surface area (Å²) in [7, 11) is 0. The monoisotopic (exact) mass is 174 g/mol. The van der Waals surface area contributed by atoms with E-state index in [9.17, 15) is 9.59 Å². The first-order chi connectivity index (χ1) is 4.20. The fourth-order valence-corrected chi connectivity index (χ4v) is 0.182. The van der Waals surface area contributed by atoms with Crippen molar-refractivity contribution in [2.45, 2.75) is 0 Å². The fraction of sp³-hybridized carbons (Fsp3) is 0. The molecule has 0 aliphatic rings. The van der Waals surface area contributed by atoms with Gasteiger partial charge in [0, 0.05) is 12.2 Å². The second-order valence-electron chi connectivity index (χ2n) is 1.15. The maximum atomic E-state index is 10.2. The van der Waals surface area contributed by atoms with Crippen LogP contribution in [-0.4, -0.2) is 82.2 Å². The Kier molecular flexibility index (Phi) is 17.6. The van der Waals surface area contributed by atoms with Crippen molar-refractivity contribution >= 4 is 82.2 Å². The van der Waals surface area contributed by atoms with E-state index in [1.165, 1.54) is 0 Å². The third-order valence-electron chi connectivity index (χ3n) is 0.535. The number of ether oxygens (including phenoxy) is 1. The van der Waals surface area contributed by atoms with Crippen LogP contribution in [0.25, 0.3) is 0 Å². The minimum atomic E-state index is -0.764. The quantitative estimate of drug-likeness (QED) is 0.236. The number of hydrogen-bond donors (Lipinski definition) is 0. The van der Waals surface area contributed by atoms with Crippen LogP contribution in [0.3, 0.4) is 0 Å². The third-order valence-corrected chi connectivity index (χ3v) is 0.535. The van der Waals surface area contributed by atoms with Crippen LogP contribution in [0.15, 0.2) is 25.3 Å². The summed E-state index contributed by atoms with van der Waals surface area (Å²) >= 11 is 0. The van der Waals surface area contributed by atoms with Gasteiger partial charge in [-0.15, -0.1) is 0 Å². The molecule has 0 amide bonds. The van der Waals surface area contributed by atoms with Gasteiger partial charge in [-0.3, -0.25) is 0 Å². The Morgan fingerprint density at radius 1 is 1.09 bits per heavy atom. The van der Waals surface area contributed by atoms with E-state index in [4.69, 9.17) is 0 Å². The molecule has 0 radical (unpaired) electrons. The Bertz CT molecular complexity index is 149. The molecule has 0 aliphatic heterocycles. The van der Waals surface area contributed by atoms with Crippen LogP contribution in [0.1, 0.15) is 0 Å². The molecule has 0 aliphatic carbocycles. The van der Waals surface area contributed by atoms with Crippen LogP contribution in [0.2, 0.25) is 0 Å². The third kappa shape index (κ3) is 10.9. The molecule has 0 rings (SSSR count). The van der Waals surface area contributed by atoms with Crippen LogP contribution < -0.4 is 0 Å². The molecule has 0 saturated carbocycles. The molecule has 0 heterocycles. The second kappa shape index (κ2) is 10.9. The van der Waals surface area contributed by atoms with Crippen LogP contribution >= 0.6 is 0 Å². The van der Waals surface area contributed by atoms with Crippen LogP contribution in [0.4, 0.5) is 0 Å². The standard InChI is InChI=1S/C6H6O3.K.Li.2H/c1-3-5(7)9-6(8)4-2;;;;/h3-4H,1-2H2;;;;. The average molecular weight is 174 g/mol. The number of rotatable bonds is 2. The van der Waals surface area contributed by atoms with Gasteiger partial charge in [0.2, 0.25) is 0 Å². The fourth-order valence-electron chi connectivity index (χ4n) is 0.182. The summed E-state index contributed by atoms with van der Waals surface area (Å²) < 4.78 is 4.03. The van der Waals surface area contributed by atoms with Gasteiger partial charge >= 0.3 is 82.2 Å². The summed E-state index contributed by atoms with van der Waals surface area (Å²) in [6.07, 6.45) is 1.81. The summed E-state index contributed by atoms with van der Waals surface area (Å²) in [6, 6.07) is 0. The van der Waals surface area contributed by atoms with E-state index >= 15 is 0 Å². The van der Waals surface area contributed by atoms with Gasteiger partial charge in [-0.25, -0.2) is 9.59 Å². The second-order valence-corrected chi connectivity index (χ2v) is 1.15. The maximum absolute atomic E-state index is 10.2. The van der Waals surface area contributed by atoms with E-state index in [-0.39, 0.29) is 70.2 Å². The molecule has 0 unspecified atom stereocenters. The first kappa shape index (κ1) is 17.8. The summed E-state index contributed by atoms with van der Waals surface area (Å²) in [5.41, 5.74) is 0. The molecule has 3 nitrogen and oxygen atoms in total. The SMILES string of the molecule is C=CC(=O)OC(=O)C=C.[KH].[LiH]. The Morgan fingerprint density at radius 2 is 1.36 bits per heavy atom. The van der Waals surface area contributed by atoms with Crippen molar-refractivity contribution < 1.29 is 14.3 Å². The Morgan fingerprint density at radius 3 is 1.55 bits per heavy atom. The zero-order valence-electron chi connectivity index (χ0n) is 4.79. The van der Waals surface area contributed by atoms with Gasteiger partial charge < -0.3 is 4.74 Å². The van der Waals surface area contributed by atoms with E-state index in [0.29, 0.717) is 0 Å². The van der Waals surface area contributed by atoms with Gasteiger partial charge in [0.15, 0.2) is 0 Å². The van der Waals surface area contributed by atoms with E-state index < -0.39 is 11.9 Å². The van der Waals surface area contributed by atoms with Gasteiger partial charge in [-0.05, 0) is 0 Å². The predicted molar refractivity (Wildman–Crippen MR) is 45.8 cm³/mol. The molecule has 0 aromatic heterocycles. The van der Waals surface area contributed by atoms with Gasteiger partial charge in [0.25, 0.3) is 0 Å². The van der Waals surface area contributed by atoms with Crippen molar-refractivity contribution in [3.63, 3.8) is 0 Å². The molecule has 5 heteroatoms. The zero-order chi connectivity index (χ0) is 7.28. The summed E-state index contributed by atoms with van der Waals surface area (Å²) in [6.45, 7) is 6.17. The number of hydrogen-bond acceptors (Lipinski definition) is 3. The van der Waals surface area contributed by atoms with Crippen molar-refractivity contribution in [3.05, 3.63) is 25.3 Å². The zero-order valence-corrected chi connectivity index (χ0v) is 4.79. The van der Waals surface area contributed by atoms with Crippen molar-refractivity contribution in [1.29, 1.82) is 0 Å². The summed E-state index contributed by atoms with van der Waals surface area (Å²) in [4.78, 5) is 20.3. The van der Waals surface area contributed by atoms with Crippen LogP contribution in [-0.2, 0) is 14.3 Å². The molecular weight excluding hydrogens is 166 g/mol. The van der Waals surface area contributed by atoms with E-state index in [1.807, 2.05) is 0 Å². The molecule has 0 aromatic carbocycles. The summed E-state index contributed by atoms with van der Waals surface area (Å²) in [5.74, 6) is -1.53. The molecule has 52 valence electrons. The number of carbonyl (C=O) groups excluding carboxylic acids is 2. The normalized spacial score (nSPS) is 6.18. The Hall–Kier alpha value is 0.854. The average Bonchev–Trinajstić information content (AvgIpc) is 1.87. The van der Waals surface area contributed by atoms with Crippen molar-refractivity contribution in [1.82, 2.24) is 0 Å². The van der Waals surface area contributed by atoms with Gasteiger partial charge in [0.05, 0.1) is 0 Å².